The maximum atomic E-state index is 13.2. The van der Waals surface area contributed by atoms with Gasteiger partial charge in [0.05, 0.1) is 13.2 Å². The van der Waals surface area contributed by atoms with Gasteiger partial charge in [-0.3, -0.25) is 19.1 Å². The molecule has 0 aliphatic carbocycles. The van der Waals surface area contributed by atoms with E-state index < -0.39 is 41.2 Å². The van der Waals surface area contributed by atoms with E-state index in [2.05, 4.69) is 48.3 Å². The minimum atomic E-state index is -3.16. The van der Waals surface area contributed by atoms with E-state index in [1.165, 1.54) is 25.7 Å². The summed E-state index contributed by atoms with van der Waals surface area (Å²) in [5.74, 6) is -0.642. The number of amides is 3. The Morgan fingerprint density at radius 2 is 1.41 bits per heavy atom. The van der Waals surface area contributed by atoms with Gasteiger partial charge in [-0.1, -0.05) is 102 Å². The van der Waals surface area contributed by atoms with Gasteiger partial charge in [0.1, 0.15) is 11.8 Å². The summed E-state index contributed by atoms with van der Waals surface area (Å²) in [6, 6.07) is 21.3. The molecule has 1 aromatic heterocycles. The molecule has 0 unspecified atom stereocenters. The molecule has 4 aromatic rings. The Labute approximate surface area is 301 Å². The summed E-state index contributed by atoms with van der Waals surface area (Å²) in [6.07, 6.45) is 9.60. The highest BCUT2D eigenvalue weighted by Gasteiger charge is 2.23. The number of nitrogens with one attached hydrogen (secondary N) is 3. The molecule has 12 heteroatoms. The van der Waals surface area contributed by atoms with Crippen molar-refractivity contribution in [3.05, 3.63) is 102 Å². The lowest BCUT2D eigenvalue weighted by Gasteiger charge is -2.20. The summed E-state index contributed by atoms with van der Waals surface area (Å²) < 4.78 is 29.2. The van der Waals surface area contributed by atoms with Crippen LogP contribution in [0.5, 0.6) is 5.75 Å². The SMILES string of the molecule is CCCCCCCOc1ccc(-c2cnc(-c3ccc(C[C@H](NC(=O)c4ccc(C(C)(C)C)cc4)C(=O)NCC(=O)N[SH](=O)=O)cc3)nc2)cc1. The number of benzene rings is 3. The molecule has 3 amide bonds. The number of nitrogens with zero attached hydrogens (tertiary/aromatic N) is 2. The fourth-order valence-electron chi connectivity index (χ4n) is 5.30. The Balaban J connectivity index is 1.40. The third-order valence-corrected chi connectivity index (χ3v) is 8.71. The van der Waals surface area contributed by atoms with E-state index in [0.29, 0.717) is 18.0 Å². The molecule has 0 saturated carbocycles. The van der Waals surface area contributed by atoms with Crippen LogP contribution in [0.15, 0.2) is 85.2 Å². The van der Waals surface area contributed by atoms with Gasteiger partial charge >= 0.3 is 0 Å². The minimum absolute atomic E-state index is 0.0967. The van der Waals surface area contributed by atoms with Gasteiger partial charge < -0.3 is 15.4 Å². The lowest BCUT2D eigenvalue weighted by Crippen LogP contribution is -2.50. The molecule has 1 atom stereocenters. The second-order valence-electron chi connectivity index (χ2n) is 13.3. The highest BCUT2D eigenvalue weighted by Crippen LogP contribution is 2.24. The number of ether oxygens (including phenoxy) is 1. The van der Waals surface area contributed by atoms with Gasteiger partial charge in [0, 0.05) is 35.5 Å². The molecule has 0 bridgehead atoms. The van der Waals surface area contributed by atoms with Crippen LogP contribution in [0.4, 0.5) is 0 Å². The maximum Gasteiger partial charge on any atom is 0.252 e. The first-order valence-electron chi connectivity index (χ1n) is 17.2. The molecular weight excluding hydrogens is 667 g/mol. The fourth-order valence-corrected chi connectivity index (χ4v) is 5.58. The minimum Gasteiger partial charge on any atom is -0.494 e. The fraction of sp³-hybridized carbons (Fsp3) is 0.359. The zero-order valence-corrected chi connectivity index (χ0v) is 30.5. The smallest absolute Gasteiger partial charge is 0.252 e. The predicted octanol–water partition coefficient (Wildman–Crippen LogP) is 5.56. The van der Waals surface area contributed by atoms with Crippen LogP contribution in [0.3, 0.4) is 0 Å². The Morgan fingerprint density at radius 3 is 2.02 bits per heavy atom. The van der Waals surface area contributed by atoms with Gasteiger partial charge in [0.2, 0.25) is 16.8 Å². The number of hydrogen-bond acceptors (Lipinski definition) is 8. The van der Waals surface area contributed by atoms with E-state index >= 15 is 0 Å². The first kappa shape index (κ1) is 38.7. The summed E-state index contributed by atoms with van der Waals surface area (Å²) in [7, 11) is -3.16. The van der Waals surface area contributed by atoms with Crippen LogP contribution >= 0.6 is 0 Å². The zero-order chi connectivity index (χ0) is 36.8. The van der Waals surface area contributed by atoms with E-state index in [1.54, 1.807) is 29.2 Å². The van der Waals surface area contributed by atoms with Crippen molar-refractivity contribution in [3.63, 3.8) is 0 Å². The van der Waals surface area contributed by atoms with Crippen LogP contribution in [0.1, 0.15) is 81.3 Å². The normalized spacial score (nSPS) is 11.9. The molecule has 3 N–H and O–H groups in total. The average Bonchev–Trinajstić information content (AvgIpc) is 3.12. The molecule has 0 saturated heterocycles. The van der Waals surface area contributed by atoms with Crippen molar-refractivity contribution in [1.82, 2.24) is 25.3 Å². The van der Waals surface area contributed by atoms with Gasteiger partial charge in [-0.15, -0.1) is 0 Å². The first-order chi connectivity index (χ1) is 24.4. The molecule has 0 radical (unpaired) electrons. The molecule has 3 aromatic carbocycles. The standard InChI is InChI=1S/C39H47N5O6S/c1-5-6-7-8-9-22-50-33-20-16-28(17-21-33)31-24-40-36(41-25-31)29-12-10-27(11-13-29)23-34(38(47)42-26-35(45)44-51(48)49)43-37(46)30-14-18-32(19-15-30)39(2,3)4/h10-21,24-25,34,51H,5-9,22-23,26H2,1-4H3,(H,42,47)(H,43,46)(H,44,45,48,49)/t34-/m0/s1. The molecule has 1 heterocycles. The third-order valence-electron chi connectivity index (χ3n) is 8.28. The molecule has 0 aliphatic rings. The van der Waals surface area contributed by atoms with E-state index in [-0.39, 0.29) is 11.8 Å². The van der Waals surface area contributed by atoms with Crippen LogP contribution in [0, 0.1) is 0 Å². The van der Waals surface area contributed by atoms with Crippen LogP contribution in [0.2, 0.25) is 0 Å². The third kappa shape index (κ3) is 12.3. The highest BCUT2D eigenvalue weighted by molar-refractivity contribution is 7.71. The van der Waals surface area contributed by atoms with Gasteiger partial charge in [-0.05, 0) is 52.8 Å². The lowest BCUT2D eigenvalue weighted by atomic mass is 9.86. The van der Waals surface area contributed by atoms with Gasteiger partial charge in [0.15, 0.2) is 5.82 Å². The summed E-state index contributed by atoms with van der Waals surface area (Å²) in [6.45, 7) is 8.55. The number of rotatable bonds is 17. The number of hydrogen-bond donors (Lipinski definition) is 4. The number of carbonyl (C=O) groups excluding carboxylic acids is 3. The molecule has 0 aliphatic heterocycles. The molecule has 51 heavy (non-hydrogen) atoms. The predicted molar refractivity (Wildman–Crippen MR) is 199 cm³/mol. The molecule has 270 valence electrons. The van der Waals surface area contributed by atoms with Crippen LogP contribution < -0.4 is 20.1 Å². The Bertz CT molecular complexity index is 1810. The number of thiol groups is 1. The molecule has 11 nitrogen and oxygen atoms in total. The molecule has 4 rings (SSSR count). The van der Waals surface area contributed by atoms with E-state index in [9.17, 15) is 22.8 Å². The van der Waals surface area contributed by atoms with E-state index in [0.717, 1.165) is 40.0 Å². The van der Waals surface area contributed by atoms with Crippen molar-refractivity contribution in [2.45, 2.75) is 77.7 Å². The van der Waals surface area contributed by atoms with Gasteiger partial charge in [-0.2, -0.15) is 0 Å². The summed E-state index contributed by atoms with van der Waals surface area (Å²) in [4.78, 5) is 47.3. The van der Waals surface area contributed by atoms with Crippen molar-refractivity contribution >= 4 is 28.6 Å². The lowest BCUT2D eigenvalue weighted by molar-refractivity contribution is -0.126. The summed E-state index contributed by atoms with van der Waals surface area (Å²) >= 11 is 0. The monoisotopic (exact) mass is 713 g/mol. The highest BCUT2D eigenvalue weighted by atomic mass is 32.2. The second-order valence-corrected chi connectivity index (χ2v) is 14.1. The first-order valence-corrected chi connectivity index (χ1v) is 18.4. The number of carbonyl (C=O) groups is 3. The zero-order valence-electron chi connectivity index (χ0n) is 29.6. The maximum absolute atomic E-state index is 13.2. The average molecular weight is 714 g/mol. The van der Waals surface area contributed by atoms with E-state index in [4.69, 9.17) is 4.74 Å². The van der Waals surface area contributed by atoms with Crippen molar-refractivity contribution in [3.8, 4) is 28.3 Å². The van der Waals surface area contributed by atoms with Crippen molar-refractivity contribution in [1.29, 1.82) is 0 Å². The second kappa shape index (κ2) is 18.8. The van der Waals surface area contributed by atoms with Crippen LogP contribution in [-0.2, 0) is 32.3 Å². The van der Waals surface area contributed by atoms with Crippen molar-refractivity contribution < 1.29 is 27.5 Å². The van der Waals surface area contributed by atoms with E-state index in [1.807, 2.05) is 60.7 Å². The summed E-state index contributed by atoms with van der Waals surface area (Å²) in [5, 5.41) is 5.17. The Morgan fingerprint density at radius 1 is 0.784 bits per heavy atom. The van der Waals surface area contributed by atoms with Gasteiger partial charge in [-0.25, -0.2) is 18.4 Å². The largest absolute Gasteiger partial charge is 0.494 e. The molecular formula is C39H47N5O6S. The number of aromatic nitrogens is 2. The van der Waals surface area contributed by atoms with Gasteiger partial charge in [0.25, 0.3) is 11.8 Å². The van der Waals surface area contributed by atoms with Crippen molar-refractivity contribution in [2.24, 2.45) is 0 Å². The van der Waals surface area contributed by atoms with Crippen LogP contribution in [-0.4, -0.2) is 55.3 Å². The Hall–Kier alpha value is -5.10. The Kier molecular flexibility index (Phi) is 14.2. The van der Waals surface area contributed by atoms with Crippen LogP contribution in [0.25, 0.3) is 22.5 Å². The molecule has 0 fully saturated rings. The summed E-state index contributed by atoms with van der Waals surface area (Å²) in [5.41, 5.74) is 4.67. The number of unbranched alkanes of at least 4 members (excludes halogenated alkanes) is 4. The quantitative estimate of drug-likeness (QED) is 0.0819. The molecule has 0 spiro atoms. The topological polar surface area (TPSA) is 156 Å². The van der Waals surface area contributed by atoms with Crippen molar-refractivity contribution in [2.75, 3.05) is 13.2 Å².